The molecule has 1 unspecified atom stereocenters. The fraction of sp³-hybridized carbons (Fsp3) is 0.333. The Labute approximate surface area is 125 Å². The van der Waals surface area contributed by atoms with Gasteiger partial charge in [-0.25, -0.2) is 4.98 Å². The number of fused-ring (bicyclic) bond motifs is 1. The van der Waals surface area contributed by atoms with E-state index < -0.39 is 11.7 Å². The van der Waals surface area contributed by atoms with Gasteiger partial charge in [0.25, 0.3) is 0 Å². The van der Waals surface area contributed by atoms with Crippen molar-refractivity contribution in [2.75, 3.05) is 5.32 Å². The van der Waals surface area contributed by atoms with E-state index in [0.717, 1.165) is 17.8 Å². The van der Waals surface area contributed by atoms with Crippen molar-refractivity contribution in [2.24, 2.45) is 5.92 Å². The van der Waals surface area contributed by atoms with Crippen LogP contribution in [0, 0.1) is 5.92 Å². The first-order valence-corrected chi connectivity index (χ1v) is 6.90. The van der Waals surface area contributed by atoms with E-state index in [1.165, 1.54) is 12.1 Å². The largest absolute Gasteiger partial charge is 0.416 e. The van der Waals surface area contributed by atoms with Crippen molar-refractivity contribution in [2.45, 2.75) is 25.6 Å². The van der Waals surface area contributed by atoms with E-state index in [1.807, 2.05) is 4.57 Å². The van der Waals surface area contributed by atoms with Crippen LogP contribution in [0.3, 0.4) is 0 Å². The van der Waals surface area contributed by atoms with Gasteiger partial charge in [-0.05, 0) is 24.6 Å². The second kappa shape index (κ2) is 5.47. The summed E-state index contributed by atoms with van der Waals surface area (Å²) in [6, 6.07) is 4.67. The van der Waals surface area contributed by atoms with Crippen molar-refractivity contribution in [3.05, 3.63) is 48.0 Å². The molecule has 1 aromatic carbocycles. The van der Waals surface area contributed by atoms with Crippen LogP contribution in [0.1, 0.15) is 17.7 Å². The number of carbonyl (C=O) groups is 1. The zero-order valence-electron chi connectivity index (χ0n) is 11.6. The molecule has 0 fully saturated rings. The van der Waals surface area contributed by atoms with Crippen LogP contribution in [0.5, 0.6) is 0 Å². The Balaban J connectivity index is 1.70. The number of aromatic nitrogens is 2. The first-order valence-electron chi connectivity index (χ1n) is 6.90. The highest BCUT2D eigenvalue weighted by molar-refractivity contribution is 5.92. The third-order valence-electron chi connectivity index (χ3n) is 3.80. The molecule has 3 rings (SSSR count). The maximum atomic E-state index is 12.7. The van der Waals surface area contributed by atoms with Gasteiger partial charge >= 0.3 is 6.18 Å². The number of halogens is 3. The van der Waals surface area contributed by atoms with E-state index in [9.17, 15) is 18.0 Å². The second-order valence-corrected chi connectivity index (χ2v) is 5.34. The molecule has 0 bridgehead atoms. The molecule has 2 heterocycles. The molecular formula is C15H14F3N3O. The number of benzene rings is 1. The SMILES string of the molecule is O=C(Nc1cccc(C(F)(F)F)c1)C1CCn2cncc2C1. The molecule has 7 heteroatoms. The minimum Gasteiger partial charge on any atom is -0.335 e. The minimum atomic E-state index is -4.42. The molecule has 116 valence electrons. The Bertz CT molecular complexity index is 693. The molecule has 0 saturated heterocycles. The number of anilines is 1. The van der Waals surface area contributed by atoms with E-state index in [-0.39, 0.29) is 17.5 Å². The molecule has 0 spiro atoms. The van der Waals surface area contributed by atoms with Gasteiger partial charge in [0.1, 0.15) is 0 Å². The predicted molar refractivity (Wildman–Crippen MR) is 74.1 cm³/mol. The topological polar surface area (TPSA) is 46.9 Å². The Kier molecular flexibility index (Phi) is 3.64. The lowest BCUT2D eigenvalue weighted by molar-refractivity contribution is -0.137. The number of alkyl halides is 3. The monoisotopic (exact) mass is 309 g/mol. The molecule has 1 aliphatic heterocycles. The summed E-state index contributed by atoms with van der Waals surface area (Å²) >= 11 is 0. The lowest BCUT2D eigenvalue weighted by Gasteiger charge is -2.23. The molecule has 1 aliphatic rings. The molecule has 0 aliphatic carbocycles. The summed E-state index contributed by atoms with van der Waals surface area (Å²) in [5, 5.41) is 2.58. The van der Waals surface area contributed by atoms with E-state index in [0.29, 0.717) is 19.4 Å². The van der Waals surface area contributed by atoms with Gasteiger partial charge in [-0.15, -0.1) is 0 Å². The summed E-state index contributed by atoms with van der Waals surface area (Å²) in [5.41, 5.74) is 0.362. The van der Waals surface area contributed by atoms with E-state index in [2.05, 4.69) is 10.3 Å². The fourth-order valence-corrected chi connectivity index (χ4v) is 2.61. The molecule has 1 N–H and O–H groups in total. The molecule has 1 aromatic heterocycles. The van der Waals surface area contributed by atoms with Gasteiger partial charge < -0.3 is 9.88 Å². The third-order valence-corrected chi connectivity index (χ3v) is 3.80. The molecule has 0 saturated carbocycles. The normalized spacial score (nSPS) is 17.9. The number of imidazole rings is 1. The maximum absolute atomic E-state index is 12.7. The van der Waals surface area contributed by atoms with Crippen LogP contribution in [0.4, 0.5) is 18.9 Å². The highest BCUT2D eigenvalue weighted by atomic mass is 19.4. The number of hydrogen-bond acceptors (Lipinski definition) is 2. The number of nitrogens with one attached hydrogen (secondary N) is 1. The average Bonchev–Trinajstić information content (AvgIpc) is 2.94. The van der Waals surface area contributed by atoms with Gasteiger partial charge in [0.05, 0.1) is 11.9 Å². The molecule has 22 heavy (non-hydrogen) atoms. The van der Waals surface area contributed by atoms with Crippen LogP contribution in [0.2, 0.25) is 0 Å². The zero-order valence-corrected chi connectivity index (χ0v) is 11.6. The summed E-state index contributed by atoms with van der Waals surface area (Å²) in [4.78, 5) is 16.3. The first kappa shape index (κ1) is 14.6. The Morgan fingerprint density at radius 3 is 2.95 bits per heavy atom. The van der Waals surface area contributed by atoms with Gasteiger partial charge in [0, 0.05) is 36.5 Å². The van der Waals surface area contributed by atoms with Gasteiger partial charge in [0.15, 0.2) is 0 Å². The minimum absolute atomic E-state index is 0.166. The molecule has 1 atom stereocenters. The van der Waals surface area contributed by atoms with Crippen LogP contribution < -0.4 is 5.32 Å². The van der Waals surface area contributed by atoms with Crippen molar-refractivity contribution in [1.82, 2.24) is 9.55 Å². The summed E-state index contributed by atoms with van der Waals surface area (Å²) in [6.45, 7) is 0.690. The summed E-state index contributed by atoms with van der Waals surface area (Å²) in [7, 11) is 0. The van der Waals surface area contributed by atoms with E-state index in [1.54, 1.807) is 12.5 Å². The average molecular weight is 309 g/mol. The smallest absolute Gasteiger partial charge is 0.335 e. The van der Waals surface area contributed by atoms with Crippen molar-refractivity contribution < 1.29 is 18.0 Å². The van der Waals surface area contributed by atoms with Crippen molar-refractivity contribution in [3.8, 4) is 0 Å². The number of hydrogen-bond donors (Lipinski definition) is 1. The highest BCUT2D eigenvalue weighted by Crippen LogP contribution is 2.31. The van der Waals surface area contributed by atoms with Crippen LogP contribution in [-0.4, -0.2) is 15.5 Å². The third kappa shape index (κ3) is 2.98. The number of amides is 1. The molecule has 0 radical (unpaired) electrons. The molecular weight excluding hydrogens is 295 g/mol. The summed E-state index contributed by atoms with van der Waals surface area (Å²) < 4.78 is 40.0. The van der Waals surface area contributed by atoms with E-state index >= 15 is 0 Å². The van der Waals surface area contributed by atoms with Gasteiger partial charge in [-0.2, -0.15) is 13.2 Å². The van der Waals surface area contributed by atoms with Gasteiger partial charge in [-0.3, -0.25) is 4.79 Å². The summed E-state index contributed by atoms with van der Waals surface area (Å²) in [6.07, 6.45) is 0.205. The van der Waals surface area contributed by atoms with Crippen molar-refractivity contribution in [1.29, 1.82) is 0 Å². The lowest BCUT2D eigenvalue weighted by atomic mass is 9.95. The Hall–Kier alpha value is -2.31. The first-order chi connectivity index (χ1) is 10.4. The van der Waals surface area contributed by atoms with Gasteiger partial charge in [0.2, 0.25) is 5.91 Å². The summed E-state index contributed by atoms with van der Waals surface area (Å²) in [5.74, 6) is -0.509. The fourth-order valence-electron chi connectivity index (χ4n) is 2.61. The molecule has 2 aromatic rings. The number of aryl methyl sites for hydroxylation is 1. The lowest BCUT2D eigenvalue weighted by Crippen LogP contribution is -2.30. The highest BCUT2D eigenvalue weighted by Gasteiger charge is 2.31. The maximum Gasteiger partial charge on any atom is 0.416 e. The Morgan fingerprint density at radius 1 is 1.36 bits per heavy atom. The predicted octanol–water partition coefficient (Wildman–Crippen LogP) is 3.10. The van der Waals surface area contributed by atoms with Crippen molar-refractivity contribution in [3.63, 3.8) is 0 Å². The zero-order chi connectivity index (χ0) is 15.7. The molecule has 1 amide bonds. The van der Waals surface area contributed by atoms with Crippen molar-refractivity contribution >= 4 is 11.6 Å². The van der Waals surface area contributed by atoms with Crippen LogP contribution in [0.15, 0.2) is 36.8 Å². The van der Waals surface area contributed by atoms with Crippen LogP contribution in [0.25, 0.3) is 0 Å². The quantitative estimate of drug-likeness (QED) is 0.926. The number of rotatable bonds is 2. The second-order valence-electron chi connectivity index (χ2n) is 5.34. The number of carbonyl (C=O) groups excluding carboxylic acids is 1. The van der Waals surface area contributed by atoms with Gasteiger partial charge in [-0.1, -0.05) is 6.07 Å². The Morgan fingerprint density at radius 2 is 2.18 bits per heavy atom. The van der Waals surface area contributed by atoms with E-state index in [4.69, 9.17) is 0 Å². The number of nitrogens with zero attached hydrogens (tertiary/aromatic N) is 2. The molecule has 4 nitrogen and oxygen atoms in total. The van der Waals surface area contributed by atoms with Crippen LogP contribution in [-0.2, 0) is 23.9 Å². The van der Waals surface area contributed by atoms with Crippen LogP contribution >= 0.6 is 0 Å². The standard InChI is InChI=1S/C15H14F3N3O/c16-15(17,18)11-2-1-3-12(7-11)20-14(22)10-4-5-21-9-19-8-13(21)6-10/h1-3,7-10H,4-6H2,(H,20,22).